The molecule has 2 fully saturated rings. The summed E-state index contributed by atoms with van der Waals surface area (Å²) in [5.74, 6) is 1.39. The number of likely N-dealkylation sites (tertiary alicyclic amines) is 1. The first-order chi connectivity index (χ1) is 11.8. The average Bonchev–Trinajstić information content (AvgIpc) is 3.31. The van der Waals surface area contributed by atoms with Gasteiger partial charge in [0.2, 0.25) is 0 Å². The lowest BCUT2D eigenvalue weighted by molar-refractivity contribution is 0.0788. The number of anilines is 1. The fourth-order valence-corrected chi connectivity index (χ4v) is 3.81. The highest BCUT2D eigenvalue weighted by atomic mass is 16.2. The van der Waals surface area contributed by atoms with E-state index in [0.29, 0.717) is 12.5 Å². The minimum atomic E-state index is 0.103. The number of nitrogens with two attached hydrogens (primary N) is 1. The molecule has 0 aliphatic carbocycles. The number of para-hydroxylation sites is 1. The number of carbonyl (C=O) groups is 1. The molecular formula is C19H24N4O. The Bertz CT molecular complexity index is 754. The molecular weight excluding hydrogens is 300 g/mol. The number of hydrogen-bond acceptors (Lipinski definition) is 4. The van der Waals surface area contributed by atoms with Crippen molar-refractivity contribution in [2.75, 3.05) is 37.6 Å². The van der Waals surface area contributed by atoms with Gasteiger partial charge in [-0.3, -0.25) is 4.79 Å². The van der Waals surface area contributed by atoms with Crippen molar-refractivity contribution >= 4 is 22.6 Å². The molecule has 1 amide bonds. The molecule has 2 aromatic rings. The number of carbonyl (C=O) groups excluding carboxylic acids is 1. The number of nitrogens with zero attached hydrogens (tertiary/aromatic N) is 3. The van der Waals surface area contributed by atoms with Crippen LogP contribution in [-0.4, -0.2) is 48.5 Å². The first-order valence-electron chi connectivity index (χ1n) is 8.90. The quantitative estimate of drug-likeness (QED) is 0.941. The summed E-state index contributed by atoms with van der Waals surface area (Å²) in [4.78, 5) is 22.2. The van der Waals surface area contributed by atoms with E-state index in [1.807, 2.05) is 35.2 Å². The zero-order valence-corrected chi connectivity index (χ0v) is 13.9. The molecule has 2 aliphatic heterocycles. The standard InChI is InChI=1S/C19H24N4O/c20-12-14-7-10-23(13-14)19(24)16-11-15-5-1-2-6-17(15)21-18(16)22-8-3-4-9-22/h1-2,5-6,11,14H,3-4,7-10,12-13,20H2. The number of hydrogen-bond donors (Lipinski definition) is 1. The van der Waals surface area contributed by atoms with Crippen LogP contribution in [0.15, 0.2) is 30.3 Å². The van der Waals surface area contributed by atoms with E-state index in [1.165, 1.54) is 12.8 Å². The summed E-state index contributed by atoms with van der Waals surface area (Å²) in [7, 11) is 0. The van der Waals surface area contributed by atoms with Crippen LogP contribution in [0.5, 0.6) is 0 Å². The van der Waals surface area contributed by atoms with Crippen molar-refractivity contribution in [1.82, 2.24) is 9.88 Å². The highest BCUT2D eigenvalue weighted by molar-refractivity contribution is 6.02. The Morgan fingerprint density at radius 2 is 2.00 bits per heavy atom. The van der Waals surface area contributed by atoms with Crippen molar-refractivity contribution in [3.05, 3.63) is 35.9 Å². The molecule has 2 saturated heterocycles. The molecule has 0 radical (unpaired) electrons. The molecule has 4 rings (SSSR count). The number of pyridine rings is 1. The van der Waals surface area contributed by atoms with E-state index in [9.17, 15) is 4.79 Å². The van der Waals surface area contributed by atoms with Gasteiger partial charge in [0, 0.05) is 31.6 Å². The summed E-state index contributed by atoms with van der Waals surface area (Å²) in [6, 6.07) is 10.1. The summed E-state index contributed by atoms with van der Waals surface area (Å²) in [5.41, 5.74) is 7.48. The minimum absolute atomic E-state index is 0.103. The predicted molar refractivity (Wildman–Crippen MR) is 96.3 cm³/mol. The number of aromatic nitrogens is 1. The summed E-state index contributed by atoms with van der Waals surface area (Å²) < 4.78 is 0. The summed E-state index contributed by atoms with van der Waals surface area (Å²) in [6.45, 7) is 4.18. The Morgan fingerprint density at radius 1 is 1.21 bits per heavy atom. The van der Waals surface area contributed by atoms with Crippen LogP contribution in [0, 0.1) is 5.92 Å². The molecule has 126 valence electrons. The van der Waals surface area contributed by atoms with Gasteiger partial charge in [0.15, 0.2) is 0 Å². The molecule has 1 unspecified atom stereocenters. The lowest BCUT2D eigenvalue weighted by atomic mass is 10.1. The summed E-state index contributed by atoms with van der Waals surface area (Å²) >= 11 is 0. The van der Waals surface area contributed by atoms with Gasteiger partial charge in [0.05, 0.1) is 11.1 Å². The van der Waals surface area contributed by atoms with Crippen LogP contribution in [-0.2, 0) is 0 Å². The maximum absolute atomic E-state index is 13.1. The van der Waals surface area contributed by atoms with Crippen molar-refractivity contribution in [2.24, 2.45) is 11.7 Å². The molecule has 1 aromatic carbocycles. The van der Waals surface area contributed by atoms with E-state index in [4.69, 9.17) is 10.7 Å². The lowest BCUT2D eigenvalue weighted by Crippen LogP contribution is -2.32. The molecule has 0 saturated carbocycles. The molecule has 2 aliphatic rings. The van der Waals surface area contributed by atoms with E-state index in [-0.39, 0.29) is 5.91 Å². The van der Waals surface area contributed by atoms with Crippen molar-refractivity contribution in [1.29, 1.82) is 0 Å². The van der Waals surface area contributed by atoms with Gasteiger partial charge in [-0.2, -0.15) is 0 Å². The van der Waals surface area contributed by atoms with Crippen molar-refractivity contribution in [2.45, 2.75) is 19.3 Å². The van der Waals surface area contributed by atoms with Crippen LogP contribution in [0.1, 0.15) is 29.6 Å². The fourth-order valence-electron chi connectivity index (χ4n) is 3.81. The third-order valence-electron chi connectivity index (χ3n) is 5.25. The second-order valence-electron chi connectivity index (χ2n) is 6.89. The molecule has 0 spiro atoms. The molecule has 3 heterocycles. The Balaban J connectivity index is 1.74. The van der Waals surface area contributed by atoms with Gasteiger partial charge in [0.1, 0.15) is 5.82 Å². The first kappa shape index (κ1) is 15.4. The Kier molecular flexibility index (Phi) is 4.10. The molecule has 1 atom stereocenters. The van der Waals surface area contributed by atoms with Crippen LogP contribution in [0.25, 0.3) is 10.9 Å². The van der Waals surface area contributed by atoms with Crippen molar-refractivity contribution in [3.8, 4) is 0 Å². The Morgan fingerprint density at radius 3 is 2.75 bits per heavy atom. The van der Waals surface area contributed by atoms with E-state index in [0.717, 1.165) is 54.9 Å². The largest absolute Gasteiger partial charge is 0.356 e. The van der Waals surface area contributed by atoms with Gasteiger partial charge in [-0.25, -0.2) is 4.98 Å². The molecule has 0 bridgehead atoms. The first-order valence-corrected chi connectivity index (χ1v) is 8.90. The summed E-state index contributed by atoms with van der Waals surface area (Å²) in [6.07, 6.45) is 3.34. The fraction of sp³-hybridized carbons (Fsp3) is 0.474. The third-order valence-corrected chi connectivity index (χ3v) is 5.25. The van der Waals surface area contributed by atoms with E-state index in [1.54, 1.807) is 0 Å². The number of benzene rings is 1. The highest BCUT2D eigenvalue weighted by Crippen LogP contribution is 2.29. The molecule has 2 N–H and O–H groups in total. The van der Waals surface area contributed by atoms with Crippen LogP contribution < -0.4 is 10.6 Å². The molecule has 5 nitrogen and oxygen atoms in total. The topological polar surface area (TPSA) is 62.5 Å². The van der Waals surface area contributed by atoms with Gasteiger partial charge < -0.3 is 15.5 Å². The van der Waals surface area contributed by atoms with Crippen LogP contribution >= 0.6 is 0 Å². The maximum Gasteiger partial charge on any atom is 0.257 e. The zero-order valence-electron chi connectivity index (χ0n) is 13.9. The van der Waals surface area contributed by atoms with E-state index >= 15 is 0 Å². The van der Waals surface area contributed by atoms with E-state index in [2.05, 4.69) is 4.90 Å². The van der Waals surface area contributed by atoms with Gasteiger partial charge in [-0.05, 0) is 43.9 Å². The van der Waals surface area contributed by atoms with Gasteiger partial charge in [-0.1, -0.05) is 18.2 Å². The smallest absolute Gasteiger partial charge is 0.257 e. The SMILES string of the molecule is NCC1CCN(C(=O)c2cc3ccccc3nc2N2CCCC2)C1. The Hall–Kier alpha value is -2.14. The summed E-state index contributed by atoms with van der Waals surface area (Å²) in [5, 5.41) is 1.03. The highest BCUT2D eigenvalue weighted by Gasteiger charge is 2.29. The Labute approximate surface area is 142 Å². The van der Waals surface area contributed by atoms with Crippen LogP contribution in [0.4, 0.5) is 5.82 Å². The zero-order chi connectivity index (χ0) is 16.5. The lowest BCUT2D eigenvalue weighted by Gasteiger charge is -2.23. The number of amides is 1. The molecule has 1 aromatic heterocycles. The van der Waals surface area contributed by atoms with Gasteiger partial charge in [-0.15, -0.1) is 0 Å². The average molecular weight is 324 g/mol. The van der Waals surface area contributed by atoms with E-state index < -0.39 is 0 Å². The molecule has 5 heteroatoms. The van der Waals surface area contributed by atoms with Crippen molar-refractivity contribution in [3.63, 3.8) is 0 Å². The number of rotatable bonds is 3. The third kappa shape index (κ3) is 2.73. The van der Waals surface area contributed by atoms with Crippen LogP contribution in [0.3, 0.4) is 0 Å². The maximum atomic E-state index is 13.1. The van der Waals surface area contributed by atoms with Crippen molar-refractivity contribution < 1.29 is 4.79 Å². The van der Waals surface area contributed by atoms with Gasteiger partial charge >= 0.3 is 0 Å². The molecule has 24 heavy (non-hydrogen) atoms. The predicted octanol–water partition coefficient (Wildman–Crippen LogP) is 2.26. The van der Waals surface area contributed by atoms with Gasteiger partial charge in [0.25, 0.3) is 5.91 Å². The second kappa shape index (κ2) is 6.40. The normalized spacial score (nSPS) is 21.0. The van der Waals surface area contributed by atoms with Crippen LogP contribution in [0.2, 0.25) is 0 Å². The monoisotopic (exact) mass is 324 g/mol. The second-order valence-corrected chi connectivity index (χ2v) is 6.89. The minimum Gasteiger partial charge on any atom is -0.356 e. The number of fused-ring (bicyclic) bond motifs is 1.